The summed E-state index contributed by atoms with van der Waals surface area (Å²) in [4.78, 5) is 23.6. The second-order valence-corrected chi connectivity index (χ2v) is 4.21. The lowest BCUT2D eigenvalue weighted by molar-refractivity contribution is -0.146. The van der Waals surface area contributed by atoms with Gasteiger partial charge in [-0.2, -0.15) is 0 Å². The molecule has 118 valence electrons. The fourth-order valence-corrected chi connectivity index (χ4v) is 1.76. The van der Waals surface area contributed by atoms with Gasteiger partial charge in [0.1, 0.15) is 0 Å². The number of carbonyl (C=O) groups excluding carboxylic acids is 2. The summed E-state index contributed by atoms with van der Waals surface area (Å²) in [6.45, 7) is 3.82. The number of esters is 2. The van der Waals surface area contributed by atoms with Crippen molar-refractivity contribution in [3.05, 3.63) is 30.0 Å². The van der Waals surface area contributed by atoms with E-state index in [1.165, 1.54) is 6.20 Å². The first-order chi connectivity index (χ1) is 10.7. The van der Waals surface area contributed by atoms with E-state index in [0.717, 1.165) is 0 Å². The van der Waals surface area contributed by atoms with Crippen molar-refractivity contribution in [3.63, 3.8) is 0 Å². The van der Waals surface area contributed by atoms with Crippen molar-refractivity contribution in [1.82, 2.24) is 0 Å². The normalized spacial score (nSPS) is 11.5. The molecule has 0 bridgehead atoms. The van der Waals surface area contributed by atoms with Crippen LogP contribution in [0, 0.1) is 0 Å². The van der Waals surface area contributed by atoms with Crippen molar-refractivity contribution < 1.29 is 28.5 Å². The zero-order chi connectivity index (χ0) is 15.9. The lowest BCUT2D eigenvalue weighted by Gasteiger charge is -2.08. The van der Waals surface area contributed by atoms with Crippen molar-refractivity contribution in [1.29, 1.82) is 0 Å². The molecule has 0 amide bonds. The van der Waals surface area contributed by atoms with Crippen LogP contribution < -0.4 is 14.8 Å². The third-order valence-electron chi connectivity index (χ3n) is 2.75. The van der Waals surface area contributed by atoms with Crippen LogP contribution in [0.25, 0.3) is 0 Å². The first-order valence-electron chi connectivity index (χ1n) is 6.86. The molecule has 0 unspecified atom stereocenters. The number of anilines is 1. The monoisotopic (exact) mass is 307 g/mol. The second kappa shape index (κ2) is 7.35. The minimum atomic E-state index is -0.741. The average Bonchev–Trinajstić information content (AvgIpc) is 2.95. The van der Waals surface area contributed by atoms with Gasteiger partial charge in [-0.1, -0.05) is 0 Å². The number of fused-ring (bicyclic) bond motifs is 1. The molecule has 0 saturated heterocycles. The quantitative estimate of drug-likeness (QED) is 0.371. The maximum atomic E-state index is 11.8. The molecule has 22 heavy (non-hydrogen) atoms. The Kier molecular flexibility index (Phi) is 5.24. The molecule has 0 aliphatic carbocycles. The predicted octanol–water partition coefficient (Wildman–Crippen LogP) is 1.84. The first kappa shape index (κ1) is 15.7. The van der Waals surface area contributed by atoms with E-state index in [2.05, 4.69) is 5.32 Å². The van der Waals surface area contributed by atoms with E-state index in [9.17, 15) is 9.59 Å². The Morgan fingerprint density at radius 1 is 1.14 bits per heavy atom. The number of rotatable bonds is 6. The molecule has 2 rings (SSSR count). The molecule has 0 saturated carbocycles. The molecule has 1 aromatic rings. The summed E-state index contributed by atoms with van der Waals surface area (Å²) in [7, 11) is 0. The lowest BCUT2D eigenvalue weighted by Crippen LogP contribution is -2.19. The number of ether oxygens (including phenoxy) is 4. The van der Waals surface area contributed by atoms with E-state index in [-0.39, 0.29) is 25.6 Å². The standard InChI is InChI=1S/C15H17NO6/c1-3-19-14(17)11(15(18)20-4-2)8-16-10-5-6-12-13(7-10)22-9-21-12/h5-8,16H,3-4,9H2,1-2H3. The average molecular weight is 307 g/mol. The predicted molar refractivity (Wildman–Crippen MR) is 77.5 cm³/mol. The zero-order valence-electron chi connectivity index (χ0n) is 12.4. The topological polar surface area (TPSA) is 83.1 Å². The third kappa shape index (κ3) is 3.69. The highest BCUT2D eigenvalue weighted by molar-refractivity contribution is 6.14. The molecular weight excluding hydrogens is 290 g/mol. The highest BCUT2D eigenvalue weighted by atomic mass is 16.7. The summed E-state index contributed by atoms with van der Waals surface area (Å²) in [5.41, 5.74) is 0.428. The maximum absolute atomic E-state index is 11.8. The molecule has 0 atom stereocenters. The van der Waals surface area contributed by atoms with Crippen molar-refractivity contribution in [2.45, 2.75) is 13.8 Å². The minimum Gasteiger partial charge on any atom is -0.462 e. The number of nitrogens with one attached hydrogen (secondary N) is 1. The van der Waals surface area contributed by atoms with Gasteiger partial charge in [0, 0.05) is 18.0 Å². The van der Waals surface area contributed by atoms with Crippen LogP contribution in [-0.4, -0.2) is 31.9 Å². The molecule has 7 heteroatoms. The summed E-state index contributed by atoms with van der Waals surface area (Å²) in [5, 5.41) is 2.85. The van der Waals surface area contributed by atoms with Crippen molar-refractivity contribution in [2.75, 3.05) is 25.3 Å². The molecule has 7 nitrogen and oxygen atoms in total. The van der Waals surface area contributed by atoms with Crippen LogP contribution in [0.5, 0.6) is 11.5 Å². The van der Waals surface area contributed by atoms with Gasteiger partial charge < -0.3 is 24.3 Å². The summed E-state index contributed by atoms with van der Waals surface area (Å²) >= 11 is 0. The van der Waals surface area contributed by atoms with Gasteiger partial charge in [-0.3, -0.25) is 0 Å². The molecule has 0 radical (unpaired) electrons. The van der Waals surface area contributed by atoms with Gasteiger partial charge in [0.05, 0.1) is 13.2 Å². The molecule has 1 aliphatic heterocycles. The summed E-state index contributed by atoms with van der Waals surface area (Å²) in [6.07, 6.45) is 1.26. The smallest absolute Gasteiger partial charge is 0.347 e. The van der Waals surface area contributed by atoms with E-state index in [1.54, 1.807) is 32.0 Å². The Labute approximate surface area is 127 Å². The number of carbonyl (C=O) groups is 2. The van der Waals surface area contributed by atoms with E-state index in [0.29, 0.717) is 17.2 Å². The van der Waals surface area contributed by atoms with Crippen LogP contribution in [0.4, 0.5) is 5.69 Å². The van der Waals surface area contributed by atoms with Gasteiger partial charge in [0.15, 0.2) is 17.1 Å². The fraction of sp³-hybridized carbons (Fsp3) is 0.333. The van der Waals surface area contributed by atoms with Crippen LogP contribution in [0.2, 0.25) is 0 Å². The lowest BCUT2D eigenvalue weighted by atomic mass is 10.2. The van der Waals surface area contributed by atoms with Crippen LogP contribution >= 0.6 is 0 Å². The molecule has 0 fully saturated rings. The van der Waals surface area contributed by atoms with Crippen molar-refractivity contribution in [3.8, 4) is 11.5 Å². The molecule has 1 heterocycles. The van der Waals surface area contributed by atoms with Crippen LogP contribution in [-0.2, 0) is 19.1 Å². The number of benzene rings is 1. The Hall–Kier alpha value is -2.70. The fourth-order valence-electron chi connectivity index (χ4n) is 1.76. The van der Waals surface area contributed by atoms with Gasteiger partial charge in [-0.05, 0) is 26.0 Å². The minimum absolute atomic E-state index is 0.166. The molecule has 1 aliphatic rings. The number of hydrogen-bond donors (Lipinski definition) is 1. The summed E-state index contributed by atoms with van der Waals surface area (Å²) < 4.78 is 20.1. The van der Waals surface area contributed by atoms with E-state index in [4.69, 9.17) is 18.9 Å². The summed E-state index contributed by atoms with van der Waals surface area (Å²) in [6, 6.07) is 5.16. The Balaban J connectivity index is 2.14. The maximum Gasteiger partial charge on any atom is 0.347 e. The molecule has 1 aromatic carbocycles. The van der Waals surface area contributed by atoms with E-state index >= 15 is 0 Å². The Morgan fingerprint density at radius 3 is 2.41 bits per heavy atom. The van der Waals surface area contributed by atoms with Crippen molar-refractivity contribution in [2.24, 2.45) is 0 Å². The van der Waals surface area contributed by atoms with Gasteiger partial charge in [0.25, 0.3) is 0 Å². The van der Waals surface area contributed by atoms with Gasteiger partial charge in [0.2, 0.25) is 6.79 Å². The van der Waals surface area contributed by atoms with Crippen LogP contribution in [0.1, 0.15) is 13.8 Å². The highest BCUT2D eigenvalue weighted by Gasteiger charge is 2.21. The molecule has 1 N–H and O–H groups in total. The second-order valence-electron chi connectivity index (χ2n) is 4.21. The van der Waals surface area contributed by atoms with Crippen molar-refractivity contribution >= 4 is 17.6 Å². The SMILES string of the molecule is CCOC(=O)C(=CNc1ccc2c(c1)OCO2)C(=O)OCC. The van der Waals surface area contributed by atoms with E-state index in [1.807, 2.05) is 0 Å². The largest absolute Gasteiger partial charge is 0.462 e. The molecular formula is C15H17NO6. The van der Waals surface area contributed by atoms with Gasteiger partial charge in [-0.15, -0.1) is 0 Å². The number of hydrogen-bond acceptors (Lipinski definition) is 7. The molecule has 0 aromatic heterocycles. The van der Waals surface area contributed by atoms with Gasteiger partial charge in [-0.25, -0.2) is 9.59 Å². The van der Waals surface area contributed by atoms with Gasteiger partial charge >= 0.3 is 11.9 Å². The highest BCUT2D eigenvalue weighted by Crippen LogP contribution is 2.34. The first-order valence-corrected chi connectivity index (χ1v) is 6.86. The Morgan fingerprint density at radius 2 is 1.77 bits per heavy atom. The Bertz CT molecular complexity index is 576. The van der Waals surface area contributed by atoms with Crippen LogP contribution in [0.15, 0.2) is 30.0 Å². The zero-order valence-corrected chi connectivity index (χ0v) is 12.4. The third-order valence-corrected chi connectivity index (χ3v) is 2.75. The van der Waals surface area contributed by atoms with Crippen LogP contribution in [0.3, 0.4) is 0 Å². The molecule has 0 spiro atoms. The summed E-state index contributed by atoms with van der Waals surface area (Å²) in [5.74, 6) is -0.249. The van der Waals surface area contributed by atoms with E-state index < -0.39 is 11.9 Å².